The molecule has 2 aromatic rings. The minimum atomic E-state index is 0.0226. The molecule has 3 rings (SSSR count). The van der Waals surface area contributed by atoms with Crippen molar-refractivity contribution in [3.05, 3.63) is 53.9 Å². The first-order valence-corrected chi connectivity index (χ1v) is 7.78. The lowest BCUT2D eigenvalue weighted by molar-refractivity contribution is 0.0724. The van der Waals surface area contributed by atoms with Gasteiger partial charge in [0.05, 0.1) is 28.7 Å². The molecule has 0 aliphatic carbocycles. The van der Waals surface area contributed by atoms with E-state index < -0.39 is 0 Å². The Kier molecular flexibility index (Phi) is 4.53. The number of carbonyl (C=O) groups is 1. The van der Waals surface area contributed by atoms with Crippen molar-refractivity contribution in [2.45, 2.75) is 19.3 Å². The highest BCUT2D eigenvalue weighted by molar-refractivity contribution is 5.95. The lowest BCUT2D eigenvalue weighted by Gasteiger charge is -2.26. The number of aromatic nitrogens is 1. The number of benzene rings is 1. The molecule has 0 saturated carbocycles. The third kappa shape index (κ3) is 3.49. The van der Waals surface area contributed by atoms with Crippen LogP contribution in [0.15, 0.2) is 42.7 Å². The molecule has 1 N–H and O–H groups in total. The monoisotopic (exact) mass is 306 g/mol. The molecule has 1 aromatic carbocycles. The number of nitrogens with one attached hydrogen (secondary N) is 1. The largest absolute Gasteiger partial charge is 0.353 e. The number of anilines is 2. The van der Waals surface area contributed by atoms with Crippen LogP contribution in [0.1, 0.15) is 35.2 Å². The standard InChI is InChI=1S/C18H18N4O/c19-11-14-6-2-3-7-17(14)21-16-10-15(12-20-13-16)18(23)22-8-4-1-5-9-22/h2-3,6-7,10,12-13,21H,1,4-5,8-9H2. The summed E-state index contributed by atoms with van der Waals surface area (Å²) in [5.74, 6) is 0.0226. The van der Waals surface area contributed by atoms with E-state index in [0.717, 1.165) is 25.9 Å². The predicted molar refractivity (Wildman–Crippen MR) is 88.4 cm³/mol. The summed E-state index contributed by atoms with van der Waals surface area (Å²) in [4.78, 5) is 18.6. The second-order valence-corrected chi connectivity index (χ2v) is 5.60. The van der Waals surface area contributed by atoms with E-state index in [9.17, 15) is 4.79 Å². The number of nitrogens with zero attached hydrogens (tertiary/aromatic N) is 3. The molecule has 1 saturated heterocycles. The van der Waals surface area contributed by atoms with Gasteiger partial charge in [-0.05, 0) is 37.5 Å². The maximum Gasteiger partial charge on any atom is 0.255 e. The van der Waals surface area contributed by atoms with Gasteiger partial charge in [-0.25, -0.2) is 0 Å². The third-order valence-electron chi connectivity index (χ3n) is 3.95. The Morgan fingerprint density at radius 3 is 2.74 bits per heavy atom. The van der Waals surface area contributed by atoms with Crippen molar-refractivity contribution in [3.8, 4) is 6.07 Å². The van der Waals surface area contributed by atoms with E-state index in [1.54, 1.807) is 24.5 Å². The van der Waals surface area contributed by atoms with E-state index in [1.807, 2.05) is 23.1 Å². The summed E-state index contributed by atoms with van der Waals surface area (Å²) in [7, 11) is 0. The fourth-order valence-corrected chi connectivity index (χ4v) is 2.75. The first-order valence-electron chi connectivity index (χ1n) is 7.78. The first kappa shape index (κ1) is 15.0. The first-order chi connectivity index (χ1) is 11.3. The molecule has 1 aromatic heterocycles. The SMILES string of the molecule is N#Cc1ccccc1Nc1cncc(C(=O)N2CCCCC2)c1. The van der Waals surface area contributed by atoms with Crippen LogP contribution in [0, 0.1) is 11.3 Å². The van der Waals surface area contributed by atoms with Crippen molar-refractivity contribution in [2.75, 3.05) is 18.4 Å². The Hall–Kier alpha value is -2.87. The summed E-state index contributed by atoms with van der Waals surface area (Å²) < 4.78 is 0. The zero-order chi connectivity index (χ0) is 16.1. The summed E-state index contributed by atoms with van der Waals surface area (Å²) in [6.07, 6.45) is 6.56. The van der Waals surface area contributed by atoms with E-state index in [4.69, 9.17) is 5.26 Å². The number of hydrogen-bond acceptors (Lipinski definition) is 4. The summed E-state index contributed by atoms with van der Waals surface area (Å²) in [5.41, 5.74) is 2.54. The molecule has 0 atom stereocenters. The number of pyridine rings is 1. The molecule has 5 heteroatoms. The maximum absolute atomic E-state index is 12.5. The Balaban J connectivity index is 1.80. The van der Waals surface area contributed by atoms with Crippen molar-refractivity contribution >= 4 is 17.3 Å². The van der Waals surface area contributed by atoms with Gasteiger partial charge in [-0.2, -0.15) is 5.26 Å². The Labute approximate surface area is 135 Å². The molecule has 1 aliphatic heterocycles. The molecule has 0 radical (unpaired) electrons. The van der Waals surface area contributed by atoms with Gasteiger partial charge in [0.2, 0.25) is 0 Å². The fraction of sp³-hybridized carbons (Fsp3) is 0.278. The normalized spacial score (nSPS) is 14.1. The number of hydrogen-bond donors (Lipinski definition) is 1. The van der Waals surface area contributed by atoms with Crippen LogP contribution in [-0.4, -0.2) is 28.9 Å². The van der Waals surface area contributed by atoms with Gasteiger partial charge in [-0.1, -0.05) is 12.1 Å². The molecule has 23 heavy (non-hydrogen) atoms. The Morgan fingerprint density at radius 1 is 1.17 bits per heavy atom. The molecular formula is C18H18N4O. The second kappa shape index (κ2) is 6.93. The lowest BCUT2D eigenvalue weighted by Crippen LogP contribution is -2.35. The van der Waals surface area contributed by atoms with Crippen LogP contribution in [0.5, 0.6) is 0 Å². The predicted octanol–water partition coefficient (Wildman–Crippen LogP) is 3.32. The number of likely N-dealkylation sites (tertiary alicyclic amines) is 1. The highest BCUT2D eigenvalue weighted by atomic mass is 16.2. The smallest absolute Gasteiger partial charge is 0.255 e. The molecule has 2 heterocycles. The van der Waals surface area contributed by atoms with Gasteiger partial charge < -0.3 is 10.2 Å². The summed E-state index contributed by atoms with van der Waals surface area (Å²) in [6, 6.07) is 11.2. The number of carbonyl (C=O) groups excluding carboxylic acids is 1. The van der Waals surface area contributed by atoms with Crippen molar-refractivity contribution in [1.82, 2.24) is 9.88 Å². The molecule has 1 aliphatic rings. The quantitative estimate of drug-likeness (QED) is 0.944. The van der Waals surface area contributed by atoms with Crippen molar-refractivity contribution in [3.63, 3.8) is 0 Å². The van der Waals surface area contributed by atoms with Gasteiger partial charge in [0.15, 0.2) is 0 Å². The van der Waals surface area contributed by atoms with Gasteiger partial charge in [0.25, 0.3) is 5.91 Å². The zero-order valence-electron chi connectivity index (χ0n) is 12.8. The van der Waals surface area contributed by atoms with Crippen LogP contribution in [0.4, 0.5) is 11.4 Å². The molecule has 1 amide bonds. The van der Waals surface area contributed by atoms with Gasteiger partial charge in [-0.15, -0.1) is 0 Å². The van der Waals surface area contributed by atoms with Crippen LogP contribution in [0.3, 0.4) is 0 Å². The molecule has 116 valence electrons. The average Bonchev–Trinajstić information content (AvgIpc) is 2.62. The van der Waals surface area contributed by atoms with Crippen LogP contribution in [-0.2, 0) is 0 Å². The van der Waals surface area contributed by atoms with Crippen LogP contribution < -0.4 is 5.32 Å². The number of amides is 1. The van der Waals surface area contributed by atoms with E-state index in [1.165, 1.54) is 6.42 Å². The minimum Gasteiger partial charge on any atom is -0.353 e. The topological polar surface area (TPSA) is 69.0 Å². The van der Waals surface area contributed by atoms with Gasteiger partial charge >= 0.3 is 0 Å². The Morgan fingerprint density at radius 2 is 1.96 bits per heavy atom. The van der Waals surface area contributed by atoms with E-state index in [-0.39, 0.29) is 5.91 Å². The van der Waals surface area contributed by atoms with Crippen LogP contribution in [0.25, 0.3) is 0 Å². The number of rotatable bonds is 3. The highest BCUT2D eigenvalue weighted by Crippen LogP contribution is 2.21. The molecule has 5 nitrogen and oxygen atoms in total. The third-order valence-corrected chi connectivity index (χ3v) is 3.95. The molecule has 1 fully saturated rings. The minimum absolute atomic E-state index is 0.0226. The number of piperidine rings is 1. The van der Waals surface area contributed by atoms with Gasteiger partial charge in [0, 0.05) is 19.3 Å². The molecular weight excluding hydrogens is 288 g/mol. The average molecular weight is 306 g/mol. The number of nitriles is 1. The van der Waals surface area contributed by atoms with E-state index >= 15 is 0 Å². The summed E-state index contributed by atoms with van der Waals surface area (Å²) in [5, 5.41) is 12.3. The van der Waals surface area contributed by atoms with Gasteiger partial charge in [0.1, 0.15) is 6.07 Å². The van der Waals surface area contributed by atoms with Crippen LogP contribution in [0.2, 0.25) is 0 Å². The summed E-state index contributed by atoms with van der Waals surface area (Å²) in [6.45, 7) is 1.63. The van der Waals surface area contributed by atoms with E-state index in [2.05, 4.69) is 16.4 Å². The molecule has 0 unspecified atom stereocenters. The maximum atomic E-state index is 12.5. The second-order valence-electron chi connectivity index (χ2n) is 5.60. The van der Waals surface area contributed by atoms with Crippen molar-refractivity contribution < 1.29 is 4.79 Å². The fourth-order valence-electron chi connectivity index (χ4n) is 2.75. The molecule has 0 spiro atoms. The lowest BCUT2D eigenvalue weighted by atomic mass is 10.1. The molecule has 0 bridgehead atoms. The van der Waals surface area contributed by atoms with E-state index in [0.29, 0.717) is 22.5 Å². The van der Waals surface area contributed by atoms with Crippen LogP contribution >= 0.6 is 0 Å². The van der Waals surface area contributed by atoms with Crippen molar-refractivity contribution in [1.29, 1.82) is 5.26 Å². The van der Waals surface area contributed by atoms with Crippen molar-refractivity contribution in [2.24, 2.45) is 0 Å². The summed E-state index contributed by atoms with van der Waals surface area (Å²) >= 11 is 0. The number of para-hydroxylation sites is 1. The van der Waals surface area contributed by atoms with Gasteiger partial charge in [-0.3, -0.25) is 9.78 Å². The Bertz CT molecular complexity index is 745. The highest BCUT2D eigenvalue weighted by Gasteiger charge is 2.18. The zero-order valence-corrected chi connectivity index (χ0v) is 12.8.